The molecule has 0 aromatic rings. The molecular formula is C13H21NO. The lowest BCUT2D eigenvalue weighted by molar-refractivity contribution is 0.0256. The first-order valence-electron chi connectivity index (χ1n) is 6.14. The third-order valence-corrected chi connectivity index (χ3v) is 3.58. The average Bonchev–Trinajstić information content (AvgIpc) is 2.33. The van der Waals surface area contributed by atoms with Gasteiger partial charge in [0, 0.05) is 0 Å². The van der Waals surface area contributed by atoms with Gasteiger partial charge in [-0.25, -0.2) is 5.90 Å². The summed E-state index contributed by atoms with van der Waals surface area (Å²) in [6, 6.07) is 0. The highest BCUT2D eigenvalue weighted by Crippen LogP contribution is 2.32. The second-order valence-electron chi connectivity index (χ2n) is 4.64. The van der Waals surface area contributed by atoms with Crippen LogP contribution in [0.4, 0.5) is 0 Å². The lowest BCUT2D eigenvalue weighted by Crippen LogP contribution is -2.30. The van der Waals surface area contributed by atoms with Crippen LogP contribution in [-0.2, 0) is 4.84 Å². The molecule has 1 atom stereocenters. The van der Waals surface area contributed by atoms with Gasteiger partial charge in [0.1, 0.15) is 6.10 Å². The molecular weight excluding hydrogens is 186 g/mol. The molecule has 2 heteroatoms. The van der Waals surface area contributed by atoms with Gasteiger partial charge >= 0.3 is 0 Å². The zero-order chi connectivity index (χ0) is 10.5. The highest BCUT2D eigenvalue weighted by molar-refractivity contribution is 5.27. The highest BCUT2D eigenvalue weighted by atomic mass is 16.6. The van der Waals surface area contributed by atoms with Crippen LogP contribution < -0.4 is 5.90 Å². The Morgan fingerprint density at radius 3 is 2.60 bits per heavy atom. The Bertz CT molecular complexity index is 251. The van der Waals surface area contributed by atoms with E-state index in [1.807, 2.05) is 0 Å². The minimum atomic E-state index is 0.141. The number of nitrogens with two attached hydrogens (primary N) is 1. The third-order valence-electron chi connectivity index (χ3n) is 3.58. The number of rotatable bonds is 3. The van der Waals surface area contributed by atoms with Crippen LogP contribution in [-0.4, -0.2) is 6.10 Å². The summed E-state index contributed by atoms with van der Waals surface area (Å²) in [6.45, 7) is 0. The molecule has 2 N–H and O–H groups in total. The molecule has 2 nitrogen and oxygen atoms in total. The van der Waals surface area contributed by atoms with Crippen LogP contribution in [0, 0.1) is 5.92 Å². The Labute approximate surface area is 92.1 Å². The quantitative estimate of drug-likeness (QED) is 0.722. The van der Waals surface area contributed by atoms with Crippen LogP contribution in [0.25, 0.3) is 0 Å². The van der Waals surface area contributed by atoms with Gasteiger partial charge in [-0.05, 0) is 37.2 Å². The van der Waals surface area contributed by atoms with Crippen LogP contribution in [0.15, 0.2) is 23.8 Å². The summed E-state index contributed by atoms with van der Waals surface area (Å²) in [5.41, 5.74) is 1.30. The molecule has 0 aliphatic heterocycles. The number of allylic oxidation sites excluding steroid dienone is 2. The van der Waals surface area contributed by atoms with Gasteiger partial charge in [0.15, 0.2) is 0 Å². The molecule has 0 aromatic heterocycles. The van der Waals surface area contributed by atoms with Gasteiger partial charge < -0.3 is 0 Å². The van der Waals surface area contributed by atoms with Gasteiger partial charge in [-0.2, -0.15) is 0 Å². The van der Waals surface area contributed by atoms with Crippen LogP contribution in [0.1, 0.15) is 44.9 Å². The summed E-state index contributed by atoms with van der Waals surface area (Å²) in [4.78, 5) is 5.21. The Morgan fingerprint density at radius 2 is 2.00 bits per heavy atom. The van der Waals surface area contributed by atoms with Crippen molar-refractivity contribution in [2.24, 2.45) is 11.8 Å². The van der Waals surface area contributed by atoms with Crippen molar-refractivity contribution in [2.45, 2.75) is 51.0 Å². The third kappa shape index (κ3) is 2.70. The predicted octanol–water partition coefficient (Wildman–Crippen LogP) is 3.10. The van der Waals surface area contributed by atoms with E-state index in [-0.39, 0.29) is 6.10 Å². The van der Waals surface area contributed by atoms with E-state index in [4.69, 9.17) is 10.7 Å². The van der Waals surface area contributed by atoms with Crippen molar-refractivity contribution in [1.82, 2.24) is 0 Å². The van der Waals surface area contributed by atoms with Crippen molar-refractivity contribution in [3.05, 3.63) is 23.8 Å². The summed E-state index contributed by atoms with van der Waals surface area (Å²) in [5.74, 6) is 6.10. The van der Waals surface area contributed by atoms with E-state index in [1.165, 1.54) is 37.7 Å². The molecule has 0 aromatic carbocycles. The zero-order valence-electron chi connectivity index (χ0n) is 9.32. The molecule has 0 amide bonds. The van der Waals surface area contributed by atoms with Crippen LogP contribution in [0.5, 0.6) is 0 Å². The molecule has 0 saturated heterocycles. The molecule has 1 fully saturated rings. The number of hydrogen-bond donors (Lipinski definition) is 1. The van der Waals surface area contributed by atoms with Crippen LogP contribution >= 0.6 is 0 Å². The van der Waals surface area contributed by atoms with Gasteiger partial charge in [-0.3, -0.25) is 4.84 Å². The molecule has 2 aliphatic carbocycles. The maximum absolute atomic E-state index is 5.46. The van der Waals surface area contributed by atoms with E-state index < -0.39 is 0 Å². The molecule has 2 rings (SSSR count). The second-order valence-corrected chi connectivity index (χ2v) is 4.64. The Balaban J connectivity index is 2.01. The predicted molar refractivity (Wildman–Crippen MR) is 62.1 cm³/mol. The van der Waals surface area contributed by atoms with Gasteiger partial charge in [-0.1, -0.05) is 37.5 Å². The fourth-order valence-corrected chi connectivity index (χ4v) is 2.74. The standard InChI is InChI=1S/C13H21NO/c14-15-13(11-7-3-1-4-8-11)12-9-5-2-6-10-12/h3,7-8,12-13H,1-2,4-6,9-10,14H2. The first kappa shape index (κ1) is 10.9. The fourth-order valence-electron chi connectivity index (χ4n) is 2.74. The van der Waals surface area contributed by atoms with Crippen molar-refractivity contribution in [2.75, 3.05) is 0 Å². The van der Waals surface area contributed by atoms with Gasteiger partial charge in [0.05, 0.1) is 0 Å². The Morgan fingerprint density at radius 1 is 1.20 bits per heavy atom. The lowest BCUT2D eigenvalue weighted by atomic mass is 9.81. The minimum Gasteiger partial charge on any atom is -0.296 e. The van der Waals surface area contributed by atoms with E-state index in [0.29, 0.717) is 5.92 Å². The molecule has 15 heavy (non-hydrogen) atoms. The fraction of sp³-hybridized carbons (Fsp3) is 0.692. The molecule has 2 aliphatic rings. The smallest absolute Gasteiger partial charge is 0.106 e. The largest absolute Gasteiger partial charge is 0.296 e. The van der Waals surface area contributed by atoms with Crippen molar-refractivity contribution < 1.29 is 4.84 Å². The molecule has 0 heterocycles. The van der Waals surface area contributed by atoms with E-state index >= 15 is 0 Å². The topological polar surface area (TPSA) is 35.2 Å². The molecule has 1 unspecified atom stereocenters. The SMILES string of the molecule is NOC(C1=CCCC=C1)C1CCCCC1. The van der Waals surface area contributed by atoms with Crippen LogP contribution in [0.3, 0.4) is 0 Å². The van der Waals surface area contributed by atoms with E-state index in [2.05, 4.69) is 18.2 Å². The first-order valence-corrected chi connectivity index (χ1v) is 6.14. The van der Waals surface area contributed by atoms with E-state index in [1.54, 1.807) is 0 Å². The van der Waals surface area contributed by atoms with E-state index in [9.17, 15) is 0 Å². The second kappa shape index (κ2) is 5.47. The molecule has 84 valence electrons. The van der Waals surface area contributed by atoms with E-state index in [0.717, 1.165) is 12.8 Å². The first-order chi connectivity index (χ1) is 7.42. The van der Waals surface area contributed by atoms with Crippen LogP contribution in [0.2, 0.25) is 0 Å². The Kier molecular flexibility index (Phi) is 3.98. The normalized spacial score (nSPS) is 25.0. The van der Waals surface area contributed by atoms with Gasteiger partial charge in [0.2, 0.25) is 0 Å². The minimum absolute atomic E-state index is 0.141. The molecule has 0 radical (unpaired) electrons. The average molecular weight is 207 g/mol. The highest BCUT2D eigenvalue weighted by Gasteiger charge is 2.26. The molecule has 1 saturated carbocycles. The van der Waals surface area contributed by atoms with Gasteiger partial charge in [0.25, 0.3) is 0 Å². The summed E-state index contributed by atoms with van der Waals surface area (Å²) < 4.78 is 0. The lowest BCUT2D eigenvalue weighted by Gasteiger charge is -2.30. The summed E-state index contributed by atoms with van der Waals surface area (Å²) in [5, 5.41) is 0. The Hall–Kier alpha value is -0.600. The summed E-state index contributed by atoms with van der Waals surface area (Å²) >= 11 is 0. The summed E-state index contributed by atoms with van der Waals surface area (Å²) in [7, 11) is 0. The maximum Gasteiger partial charge on any atom is 0.106 e. The monoisotopic (exact) mass is 207 g/mol. The van der Waals surface area contributed by atoms with Crippen molar-refractivity contribution in [3.8, 4) is 0 Å². The molecule has 0 spiro atoms. The van der Waals surface area contributed by atoms with Crippen molar-refractivity contribution in [1.29, 1.82) is 0 Å². The van der Waals surface area contributed by atoms with Crippen molar-refractivity contribution in [3.63, 3.8) is 0 Å². The maximum atomic E-state index is 5.46. The number of hydrogen-bond acceptors (Lipinski definition) is 2. The zero-order valence-corrected chi connectivity index (χ0v) is 9.32. The van der Waals surface area contributed by atoms with Gasteiger partial charge in [-0.15, -0.1) is 0 Å². The summed E-state index contributed by atoms with van der Waals surface area (Å²) in [6.07, 6.45) is 15.7. The van der Waals surface area contributed by atoms with Crippen molar-refractivity contribution >= 4 is 0 Å². The molecule has 0 bridgehead atoms.